The van der Waals surface area contributed by atoms with Crippen LogP contribution in [-0.2, 0) is 32.3 Å². The highest BCUT2D eigenvalue weighted by Gasteiger charge is 2.44. The second-order valence-corrected chi connectivity index (χ2v) is 10.6. The van der Waals surface area contributed by atoms with Gasteiger partial charge in [0.2, 0.25) is 5.54 Å². The Labute approximate surface area is 198 Å². The molecule has 2 aromatic rings. The molecule has 0 heterocycles. The third-order valence-corrected chi connectivity index (χ3v) is 5.52. The quantitative estimate of drug-likeness (QED) is 0.329. The van der Waals surface area contributed by atoms with E-state index in [4.69, 9.17) is 15.2 Å². The summed E-state index contributed by atoms with van der Waals surface area (Å²) in [6, 6.07) is 18.5. The van der Waals surface area contributed by atoms with Gasteiger partial charge in [0, 0.05) is 0 Å². The molecule has 2 rings (SSSR count). The molecule has 0 aliphatic rings. The first kappa shape index (κ1) is 26.3. The minimum Gasteiger partial charge on any atom is -0.459 e. The van der Waals surface area contributed by atoms with Crippen LogP contribution in [0.2, 0.25) is 0 Å². The number of hydrogen-bond acceptors (Lipinski definition) is 5. The summed E-state index contributed by atoms with van der Waals surface area (Å²) in [5.74, 6) is -1.65. The number of hydrogen-bond donors (Lipinski definition) is 1. The van der Waals surface area contributed by atoms with Crippen molar-refractivity contribution in [3.8, 4) is 0 Å². The van der Waals surface area contributed by atoms with E-state index in [9.17, 15) is 9.59 Å². The van der Waals surface area contributed by atoms with Crippen LogP contribution < -0.4 is 5.73 Å². The van der Waals surface area contributed by atoms with E-state index in [1.807, 2.05) is 66.7 Å². The summed E-state index contributed by atoms with van der Waals surface area (Å²) in [6.07, 6.45) is 3.31. The molecule has 0 amide bonds. The summed E-state index contributed by atoms with van der Waals surface area (Å²) in [5.41, 5.74) is 5.73. The molecule has 0 radical (unpaired) electrons. The van der Waals surface area contributed by atoms with Crippen LogP contribution in [0.5, 0.6) is 0 Å². The molecule has 33 heavy (non-hydrogen) atoms. The van der Waals surface area contributed by atoms with E-state index < -0.39 is 17.5 Å². The van der Waals surface area contributed by atoms with Crippen LogP contribution in [0.4, 0.5) is 0 Å². The van der Waals surface area contributed by atoms with Gasteiger partial charge in [0.25, 0.3) is 0 Å². The van der Waals surface area contributed by atoms with Crippen LogP contribution in [0.15, 0.2) is 72.8 Å². The number of ether oxygens (including phenoxy) is 2. The fourth-order valence-corrected chi connectivity index (χ4v) is 4.03. The molecule has 2 N–H and O–H groups in total. The zero-order valence-corrected chi connectivity index (χ0v) is 20.6. The summed E-state index contributed by atoms with van der Waals surface area (Å²) in [4.78, 5) is 26.2. The molecule has 0 aromatic heterocycles. The van der Waals surface area contributed by atoms with Gasteiger partial charge >= 0.3 is 11.9 Å². The zero-order valence-electron chi connectivity index (χ0n) is 20.6. The first-order valence-corrected chi connectivity index (χ1v) is 11.2. The normalized spacial score (nSPS) is 12.7. The van der Waals surface area contributed by atoms with E-state index in [1.54, 1.807) is 0 Å². The van der Waals surface area contributed by atoms with Crippen molar-refractivity contribution < 1.29 is 19.1 Å². The van der Waals surface area contributed by atoms with E-state index in [2.05, 4.69) is 41.5 Å². The Morgan fingerprint density at radius 3 is 1.45 bits per heavy atom. The van der Waals surface area contributed by atoms with Crippen molar-refractivity contribution in [2.24, 2.45) is 22.5 Å². The predicted octanol–water partition coefficient (Wildman–Crippen LogP) is 5.44. The Morgan fingerprint density at radius 2 is 1.12 bits per heavy atom. The van der Waals surface area contributed by atoms with Crippen molar-refractivity contribution >= 4 is 11.9 Å². The molecule has 0 atom stereocenters. The molecule has 2 aromatic carbocycles. The summed E-state index contributed by atoms with van der Waals surface area (Å²) in [7, 11) is 0. The number of rotatable bonds is 8. The van der Waals surface area contributed by atoms with Crippen LogP contribution >= 0.6 is 0 Å². The van der Waals surface area contributed by atoms with Gasteiger partial charge in [-0.15, -0.1) is 0 Å². The number of allylic oxidation sites excluding steroid dienone is 1. The lowest BCUT2D eigenvalue weighted by Crippen LogP contribution is -2.55. The average molecular weight is 452 g/mol. The van der Waals surface area contributed by atoms with Crippen LogP contribution in [0, 0.1) is 16.7 Å². The first-order chi connectivity index (χ1) is 15.3. The molecule has 0 bridgehead atoms. The van der Waals surface area contributed by atoms with Gasteiger partial charge in [0.05, 0.1) is 0 Å². The Balaban J connectivity index is 2.30. The predicted molar refractivity (Wildman–Crippen MR) is 131 cm³/mol. The summed E-state index contributed by atoms with van der Waals surface area (Å²) >= 11 is 0. The maximum atomic E-state index is 13.1. The maximum absolute atomic E-state index is 13.1. The van der Waals surface area contributed by atoms with Crippen LogP contribution in [0.25, 0.3) is 0 Å². The van der Waals surface area contributed by atoms with Crippen molar-refractivity contribution in [1.82, 2.24) is 0 Å². The van der Waals surface area contributed by atoms with E-state index in [0.29, 0.717) is 0 Å². The van der Waals surface area contributed by atoms with E-state index in [1.165, 1.54) is 6.08 Å². The van der Waals surface area contributed by atoms with Crippen LogP contribution in [0.3, 0.4) is 0 Å². The number of esters is 2. The maximum Gasteiger partial charge on any atom is 0.342 e. The molecule has 178 valence electrons. The molecule has 0 saturated heterocycles. The van der Waals surface area contributed by atoms with Gasteiger partial charge < -0.3 is 15.2 Å². The van der Waals surface area contributed by atoms with Crippen molar-refractivity contribution in [3.63, 3.8) is 0 Å². The third kappa shape index (κ3) is 7.57. The lowest BCUT2D eigenvalue weighted by molar-refractivity contribution is -0.163. The topological polar surface area (TPSA) is 78.6 Å². The minimum atomic E-state index is -2.06. The number of carbonyl (C=O) groups excluding carboxylic acids is 2. The van der Waals surface area contributed by atoms with Gasteiger partial charge in [-0.3, -0.25) is 0 Å². The smallest absolute Gasteiger partial charge is 0.342 e. The van der Waals surface area contributed by atoms with Crippen molar-refractivity contribution in [2.45, 2.75) is 60.3 Å². The van der Waals surface area contributed by atoms with Gasteiger partial charge in [0.15, 0.2) is 0 Å². The Kier molecular flexibility index (Phi) is 8.62. The highest BCUT2D eigenvalue weighted by molar-refractivity contribution is 6.07. The third-order valence-electron chi connectivity index (χ3n) is 5.52. The fourth-order valence-electron chi connectivity index (χ4n) is 4.03. The molecule has 0 spiro atoms. The van der Waals surface area contributed by atoms with E-state index >= 15 is 0 Å². The van der Waals surface area contributed by atoms with Gasteiger partial charge in [-0.05, 0) is 34.0 Å². The number of nitrogens with two attached hydrogens (primary N) is 1. The largest absolute Gasteiger partial charge is 0.459 e. The average Bonchev–Trinajstić information content (AvgIpc) is 2.75. The number of benzene rings is 2. The molecular formula is C28H37NO4. The standard InChI is InChI=1S/C28H37NO4/c1-26(2,3)23(27(4,5)6)17-18-28(29,24(30)32-19-21-13-9-7-10-14-21)25(31)33-20-22-15-11-8-12-16-22/h7-18,23H,19-20,29H2,1-6H3. The minimum absolute atomic E-state index is 0.0143. The Bertz CT molecular complexity index is 868. The van der Waals surface area contributed by atoms with Gasteiger partial charge in [-0.2, -0.15) is 0 Å². The number of carbonyl (C=O) groups is 2. The molecule has 0 aliphatic heterocycles. The van der Waals surface area contributed by atoms with Crippen LogP contribution in [0.1, 0.15) is 52.7 Å². The Morgan fingerprint density at radius 1 is 0.758 bits per heavy atom. The Hall–Kier alpha value is -2.92. The molecule has 0 fully saturated rings. The van der Waals surface area contributed by atoms with Gasteiger partial charge in [-0.1, -0.05) is 108 Å². The SMILES string of the molecule is CC(C)(C)C(C=CC(N)(C(=O)OCc1ccccc1)C(=O)OCc1ccccc1)C(C)(C)C. The van der Waals surface area contributed by atoms with Crippen molar-refractivity contribution in [1.29, 1.82) is 0 Å². The lowest BCUT2D eigenvalue weighted by Gasteiger charge is -2.39. The molecule has 0 aliphatic carbocycles. The van der Waals surface area contributed by atoms with E-state index in [0.717, 1.165) is 11.1 Å². The summed E-state index contributed by atoms with van der Waals surface area (Å²) in [6.45, 7) is 12.7. The van der Waals surface area contributed by atoms with Crippen molar-refractivity contribution in [3.05, 3.63) is 83.9 Å². The second kappa shape index (κ2) is 10.8. The molecule has 0 saturated carbocycles. The van der Waals surface area contributed by atoms with Gasteiger partial charge in [0.1, 0.15) is 13.2 Å². The molecular weight excluding hydrogens is 414 g/mol. The second-order valence-electron chi connectivity index (χ2n) is 10.6. The van der Waals surface area contributed by atoms with Crippen molar-refractivity contribution in [2.75, 3.05) is 0 Å². The highest BCUT2D eigenvalue weighted by Crippen LogP contribution is 2.41. The van der Waals surface area contributed by atoms with Gasteiger partial charge in [-0.25, -0.2) is 9.59 Å². The first-order valence-electron chi connectivity index (χ1n) is 11.2. The van der Waals surface area contributed by atoms with E-state index in [-0.39, 0.29) is 30.0 Å². The van der Waals surface area contributed by atoms with Crippen LogP contribution in [-0.4, -0.2) is 17.5 Å². The summed E-state index contributed by atoms with van der Waals surface area (Å²) in [5, 5.41) is 0. The summed E-state index contributed by atoms with van der Waals surface area (Å²) < 4.78 is 10.9. The molecule has 5 nitrogen and oxygen atoms in total. The molecule has 5 heteroatoms. The fraction of sp³-hybridized carbons (Fsp3) is 0.429. The molecule has 0 unspecified atom stereocenters. The zero-order chi connectivity index (χ0) is 24.7. The lowest BCUT2D eigenvalue weighted by atomic mass is 9.66. The highest BCUT2D eigenvalue weighted by atomic mass is 16.6. The monoisotopic (exact) mass is 451 g/mol.